The van der Waals surface area contributed by atoms with Crippen LogP contribution in [0.5, 0.6) is 0 Å². The molecule has 0 bridgehead atoms. The van der Waals surface area contributed by atoms with Crippen molar-refractivity contribution in [3.05, 3.63) is 0 Å². The minimum Gasteiger partial charge on any atom is -0.390 e. The summed E-state index contributed by atoms with van der Waals surface area (Å²) in [6.07, 6.45) is -0.521. The van der Waals surface area contributed by atoms with Crippen LogP contribution in [0.1, 0.15) is 0 Å². The molecule has 1 atom stereocenters. The van der Waals surface area contributed by atoms with Crippen LogP contribution >= 0.6 is 23.1 Å². The Kier molecular flexibility index (Phi) is 6.65. The minimum atomic E-state index is -0.521. The minimum absolute atomic E-state index is 0.296. The third-order valence-corrected chi connectivity index (χ3v) is 3.59. The zero-order chi connectivity index (χ0) is 11.8. The number of methoxy groups -OCH3 is 1. The maximum absolute atomic E-state index is 9.56. The van der Waals surface area contributed by atoms with E-state index < -0.39 is 6.10 Å². The molecular formula is C8H15N3O3S2. The molecule has 1 aromatic heterocycles. The third-order valence-electron chi connectivity index (χ3n) is 1.56. The highest BCUT2D eigenvalue weighted by Crippen LogP contribution is 2.23. The van der Waals surface area contributed by atoms with E-state index >= 15 is 0 Å². The van der Waals surface area contributed by atoms with Gasteiger partial charge in [-0.1, -0.05) is 23.1 Å². The zero-order valence-corrected chi connectivity index (χ0v) is 10.6. The molecule has 0 amide bonds. The average molecular weight is 265 g/mol. The van der Waals surface area contributed by atoms with Crippen LogP contribution < -0.4 is 5.73 Å². The number of thioether (sulfide) groups is 1. The van der Waals surface area contributed by atoms with Gasteiger partial charge in [0.15, 0.2) is 4.34 Å². The molecule has 0 saturated carbocycles. The van der Waals surface area contributed by atoms with Crippen molar-refractivity contribution in [2.24, 2.45) is 0 Å². The van der Waals surface area contributed by atoms with E-state index in [2.05, 4.69) is 10.2 Å². The van der Waals surface area contributed by atoms with Crippen LogP contribution in [0.15, 0.2) is 4.34 Å². The molecule has 0 aliphatic rings. The molecule has 0 radical (unpaired) electrons. The molecule has 3 N–H and O–H groups in total. The molecule has 1 unspecified atom stereocenters. The number of aromatic nitrogens is 2. The Morgan fingerprint density at radius 3 is 2.94 bits per heavy atom. The standard InChI is InChI=1S/C8H15N3O3S2/c1-13-2-3-14-4-6(12)5-15-8-11-10-7(9)16-8/h6,12H,2-5H2,1H3,(H2,9,10). The molecule has 8 heteroatoms. The number of nitrogens with two attached hydrogens (primary N) is 1. The fraction of sp³-hybridized carbons (Fsp3) is 0.750. The van der Waals surface area contributed by atoms with E-state index in [1.807, 2.05) is 0 Å². The molecule has 0 fully saturated rings. The Morgan fingerprint density at radius 1 is 1.50 bits per heavy atom. The lowest BCUT2D eigenvalue weighted by atomic mass is 10.4. The Labute approximate surface area is 102 Å². The van der Waals surface area contributed by atoms with Gasteiger partial charge in [-0.15, -0.1) is 10.2 Å². The van der Waals surface area contributed by atoms with Crippen molar-refractivity contribution >= 4 is 28.2 Å². The van der Waals surface area contributed by atoms with E-state index in [-0.39, 0.29) is 0 Å². The Bertz CT molecular complexity index is 298. The molecular weight excluding hydrogens is 250 g/mol. The monoisotopic (exact) mass is 265 g/mol. The fourth-order valence-corrected chi connectivity index (χ4v) is 2.42. The second kappa shape index (κ2) is 7.80. The van der Waals surface area contributed by atoms with Crippen molar-refractivity contribution in [1.29, 1.82) is 0 Å². The van der Waals surface area contributed by atoms with Crippen LogP contribution in [0.3, 0.4) is 0 Å². The number of ether oxygens (including phenoxy) is 2. The van der Waals surface area contributed by atoms with Crippen molar-refractivity contribution in [3.63, 3.8) is 0 Å². The average Bonchev–Trinajstić information content (AvgIpc) is 2.68. The fourth-order valence-electron chi connectivity index (χ4n) is 0.856. The maximum atomic E-state index is 9.56. The van der Waals surface area contributed by atoms with E-state index in [0.717, 1.165) is 4.34 Å². The van der Waals surface area contributed by atoms with Gasteiger partial charge in [-0.2, -0.15) is 0 Å². The van der Waals surface area contributed by atoms with Crippen molar-refractivity contribution < 1.29 is 14.6 Å². The Hall–Kier alpha value is -0.410. The van der Waals surface area contributed by atoms with Gasteiger partial charge in [0, 0.05) is 12.9 Å². The van der Waals surface area contributed by atoms with Crippen molar-refractivity contribution in [2.45, 2.75) is 10.4 Å². The van der Waals surface area contributed by atoms with Crippen molar-refractivity contribution in [2.75, 3.05) is 38.4 Å². The lowest BCUT2D eigenvalue weighted by Gasteiger charge is -2.09. The summed E-state index contributed by atoms with van der Waals surface area (Å²) in [5.41, 5.74) is 5.43. The summed E-state index contributed by atoms with van der Waals surface area (Å²) >= 11 is 2.73. The molecule has 1 rings (SSSR count). The summed E-state index contributed by atoms with van der Waals surface area (Å²) in [5.74, 6) is 0.515. The number of nitrogen functional groups attached to an aromatic ring is 1. The Balaban J connectivity index is 2.08. The van der Waals surface area contributed by atoms with Crippen LogP contribution in [0.25, 0.3) is 0 Å². The van der Waals surface area contributed by atoms with Crippen LogP contribution in [0.2, 0.25) is 0 Å². The molecule has 6 nitrogen and oxygen atoms in total. The molecule has 0 aliphatic heterocycles. The van der Waals surface area contributed by atoms with Crippen LogP contribution in [-0.4, -0.2) is 54.1 Å². The summed E-state index contributed by atoms with van der Waals surface area (Å²) in [7, 11) is 1.61. The number of hydrogen-bond donors (Lipinski definition) is 2. The second-order valence-electron chi connectivity index (χ2n) is 2.94. The molecule has 1 aromatic rings. The smallest absolute Gasteiger partial charge is 0.203 e. The van der Waals surface area contributed by atoms with Crippen molar-refractivity contribution in [3.8, 4) is 0 Å². The highest BCUT2D eigenvalue weighted by atomic mass is 32.2. The van der Waals surface area contributed by atoms with E-state index in [1.54, 1.807) is 7.11 Å². The SMILES string of the molecule is COCCOCC(O)CSc1nnc(N)s1. The number of aliphatic hydroxyl groups is 1. The molecule has 0 aliphatic carbocycles. The number of hydrogen-bond acceptors (Lipinski definition) is 8. The normalized spacial score (nSPS) is 12.9. The highest BCUT2D eigenvalue weighted by molar-refractivity contribution is 8.01. The predicted octanol–water partition coefficient (Wildman–Crippen LogP) is 0.236. The van der Waals surface area contributed by atoms with E-state index in [9.17, 15) is 5.11 Å². The first-order chi connectivity index (χ1) is 7.72. The van der Waals surface area contributed by atoms with Crippen molar-refractivity contribution in [1.82, 2.24) is 10.2 Å². The summed E-state index contributed by atoms with van der Waals surface area (Å²) in [5, 5.41) is 17.5. The molecule has 0 saturated heterocycles. The summed E-state index contributed by atoms with van der Waals surface area (Å²) < 4.78 is 10.8. The zero-order valence-electron chi connectivity index (χ0n) is 8.96. The van der Waals surface area contributed by atoms with Gasteiger partial charge >= 0.3 is 0 Å². The van der Waals surface area contributed by atoms with Gasteiger partial charge in [0.05, 0.1) is 25.9 Å². The predicted molar refractivity (Wildman–Crippen MR) is 63.7 cm³/mol. The van der Waals surface area contributed by atoms with Gasteiger partial charge in [-0.3, -0.25) is 0 Å². The number of anilines is 1. The molecule has 1 heterocycles. The lowest BCUT2D eigenvalue weighted by Crippen LogP contribution is -2.19. The molecule has 0 aromatic carbocycles. The van der Waals surface area contributed by atoms with E-state index in [1.165, 1.54) is 23.1 Å². The van der Waals surface area contributed by atoms with Gasteiger partial charge in [0.25, 0.3) is 0 Å². The van der Waals surface area contributed by atoms with Gasteiger partial charge in [-0.05, 0) is 0 Å². The maximum Gasteiger partial charge on any atom is 0.203 e. The van der Waals surface area contributed by atoms with Gasteiger partial charge in [-0.25, -0.2) is 0 Å². The topological polar surface area (TPSA) is 90.5 Å². The van der Waals surface area contributed by atoms with Gasteiger partial charge in [0.1, 0.15) is 0 Å². The van der Waals surface area contributed by atoms with Crippen LogP contribution in [0, 0.1) is 0 Å². The largest absolute Gasteiger partial charge is 0.390 e. The molecule has 92 valence electrons. The Morgan fingerprint density at radius 2 is 2.31 bits per heavy atom. The quantitative estimate of drug-likeness (QED) is 0.514. The first-order valence-electron chi connectivity index (χ1n) is 4.69. The lowest BCUT2D eigenvalue weighted by molar-refractivity contribution is 0.0218. The summed E-state index contributed by atoms with van der Waals surface area (Å²) in [4.78, 5) is 0. The second-order valence-corrected chi connectivity index (χ2v) is 5.21. The summed E-state index contributed by atoms with van der Waals surface area (Å²) in [6, 6.07) is 0. The van der Waals surface area contributed by atoms with Gasteiger partial charge in [0.2, 0.25) is 5.13 Å². The van der Waals surface area contributed by atoms with E-state index in [4.69, 9.17) is 15.2 Å². The first-order valence-corrected chi connectivity index (χ1v) is 6.49. The summed E-state index contributed by atoms with van der Waals surface area (Å²) in [6.45, 7) is 1.32. The van der Waals surface area contributed by atoms with E-state index in [0.29, 0.717) is 30.7 Å². The number of aliphatic hydroxyl groups excluding tert-OH is 1. The van der Waals surface area contributed by atoms with Gasteiger partial charge < -0.3 is 20.3 Å². The van der Waals surface area contributed by atoms with Crippen LogP contribution in [0.4, 0.5) is 5.13 Å². The number of rotatable bonds is 8. The number of nitrogens with zero attached hydrogens (tertiary/aromatic N) is 2. The molecule has 0 spiro atoms. The molecule has 16 heavy (non-hydrogen) atoms. The highest BCUT2D eigenvalue weighted by Gasteiger charge is 2.08. The first kappa shape index (κ1) is 13.7. The third kappa shape index (κ3) is 5.61. The van der Waals surface area contributed by atoms with Crippen LogP contribution in [-0.2, 0) is 9.47 Å².